The third-order valence-corrected chi connectivity index (χ3v) is 4.23. The summed E-state index contributed by atoms with van der Waals surface area (Å²) in [6.07, 6.45) is 5.88. The van der Waals surface area contributed by atoms with Crippen molar-refractivity contribution in [2.24, 2.45) is 5.73 Å². The molecule has 2 heterocycles. The van der Waals surface area contributed by atoms with E-state index in [0.717, 1.165) is 32.5 Å². The molecule has 0 aliphatic carbocycles. The van der Waals surface area contributed by atoms with Crippen LogP contribution in [0.3, 0.4) is 0 Å². The third kappa shape index (κ3) is 4.18. The molecule has 0 radical (unpaired) electrons. The molecule has 6 nitrogen and oxygen atoms in total. The van der Waals surface area contributed by atoms with Gasteiger partial charge in [0.1, 0.15) is 6.04 Å². The molecule has 114 valence electrons. The van der Waals surface area contributed by atoms with Crippen LogP contribution in [0.15, 0.2) is 0 Å². The summed E-state index contributed by atoms with van der Waals surface area (Å²) in [6.45, 7) is 4.07. The first-order chi connectivity index (χ1) is 9.68. The Hall–Kier alpha value is -1.14. The molecule has 0 aromatic rings. The van der Waals surface area contributed by atoms with E-state index in [2.05, 4.69) is 5.32 Å². The Balaban J connectivity index is 1.89. The van der Waals surface area contributed by atoms with Gasteiger partial charge in [-0.2, -0.15) is 0 Å². The van der Waals surface area contributed by atoms with Crippen molar-refractivity contribution in [1.82, 2.24) is 15.1 Å². The summed E-state index contributed by atoms with van der Waals surface area (Å²) in [5.74, 6) is -0.210. The van der Waals surface area contributed by atoms with Crippen LogP contribution in [-0.4, -0.2) is 66.9 Å². The molecule has 2 saturated heterocycles. The van der Waals surface area contributed by atoms with Gasteiger partial charge in [0.15, 0.2) is 0 Å². The first-order valence-corrected chi connectivity index (χ1v) is 7.70. The zero-order valence-corrected chi connectivity index (χ0v) is 12.1. The zero-order chi connectivity index (χ0) is 14.4. The van der Waals surface area contributed by atoms with Gasteiger partial charge in [-0.3, -0.25) is 14.5 Å². The van der Waals surface area contributed by atoms with E-state index < -0.39 is 0 Å². The summed E-state index contributed by atoms with van der Waals surface area (Å²) in [6, 6.07) is -0.359. The van der Waals surface area contributed by atoms with Crippen molar-refractivity contribution in [1.29, 1.82) is 0 Å². The van der Waals surface area contributed by atoms with Gasteiger partial charge in [-0.25, -0.2) is 0 Å². The topological polar surface area (TPSA) is 78.7 Å². The quantitative estimate of drug-likeness (QED) is 0.734. The van der Waals surface area contributed by atoms with Crippen molar-refractivity contribution in [2.45, 2.75) is 38.1 Å². The molecule has 0 bridgehead atoms. The smallest absolute Gasteiger partial charge is 0.236 e. The highest BCUT2D eigenvalue weighted by atomic mass is 16.2. The molecule has 3 N–H and O–H groups in total. The van der Waals surface area contributed by atoms with Gasteiger partial charge < -0.3 is 16.0 Å². The number of primary amides is 1. The largest absolute Gasteiger partial charge is 0.368 e. The lowest BCUT2D eigenvalue weighted by molar-refractivity contribution is -0.135. The van der Waals surface area contributed by atoms with Crippen LogP contribution in [0.25, 0.3) is 0 Å². The van der Waals surface area contributed by atoms with Crippen molar-refractivity contribution in [2.75, 3.05) is 39.3 Å². The Morgan fingerprint density at radius 3 is 2.35 bits per heavy atom. The Morgan fingerprint density at radius 2 is 1.70 bits per heavy atom. The number of carbonyl (C=O) groups excluding carboxylic acids is 2. The summed E-state index contributed by atoms with van der Waals surface area (Å²) in [4.78, 5) is 27.7. The van der Waals surface area contributed by atoms with E-state index in [1.165, 1.54) is 19.3 Å². The van der Waals surface area contributed by atoms with E-state index in [0.29, 0.717) is 19.6 Å². The molecular formula is C14H26N4O2. The lowest BCUT2D eigenvalue weighted by atomic mass is 10.1. The minimum absolute atomic E-state index is 0.139. The van der Waals surface area contributed by atoms with E-state index >= 15 is 0 Å². The highest BCUT2D eigenvalue weighted by Gasteiger charge is 2.29. The number of rotatable bonds is 3. The molecule has 2 fully saturated rings. The summed E-state index contributed by atoms with van der Waals surface area (Å²) in [5, 5.41) is 3.15. The number of carbonyl (C=O) groups is 2. The van der Waals surface area contributed by atoms with Gasteiger partial charge in [-0.15, -0.1) is 0 Å². The fraction of sp³-hybridized carbons (Fsp3) is 0.857. The molecular weight excluding hydrogens is 256 g/mol. The summed E-state index contributed by atoms with van der Waals surface area (Å²) in [7, 11) is 0. The van der Waals surface area contributed by atoms with Crippen LogP contribution in [0.5, 0.6) is 0 Å². The average Bonchev–Trinajstić information content (AvgIpc) is 2.38. The van der Waals surface area contributed by atoms with Gasteiger partial charge in [0.25, 0.3) is 0 Å². The lowest BCUT2D eigenvalue weighted by Crippen LogP contribution is -2.59. The number of likely N-dealkylation sites (tertiary alicyclic amines) is 1. The number of nitrogens with two attached hydrogens (primary N) is 1. The standard InChI is InChI=1S/C14H26N4O2/c15-14(20)12-10-16-6-9-18(12)11-13(19)17-7-4-2-1-3-5-8-17/h12,16H,1-11H2,(H2,15,20). The second-order valence-corrected chi connectivity index (χ2v) is 5.74. The maximum Gasteiger partial charge on any atom is 0.236 e. The molecule has 2 rings (SSSR count). The number of hydrogen-bond acceptors (Lipinski definition) is 4. The van der Waals surface area contributed by atoms with E-state index in [1.807, 2.05) is 9.80 Å². The van der Waals surface area contributed by atoms with Crippen LogP contribution < -0.4 is 11.1 Å². The molecule has 0 aromatic heterocycles. The van der Waals surface area contributed by atoms with E-state index in [4.69, 9.17) is 5.73 Å². The highest BCUT2D eigenvalue weighted by molar-refractivity contribution is 5.82. The predicted molar refractivity (Wildman–Crippen MR) is 77.1 cm³/mol. The second-order valence-electron chi connectivity index (χ2n) is 5.74. The van der Waals surface area contributed by atoms with Gasteiger partial charge in [0, 0.05) is 32.7 Å². The van der Waals surface area contributed by atoms with Gasteiger partial charge in [0.2, 0.25) is 11.8 Å². The highest BCUT2D eigenvalue weighted by Crippen LogP contribution is 2.12. The number of piperazine rings is 1. The first kappa shape index (κ1) is 15.3. The minimum atomic E-state index is -0.359. The summed E-state index contributed by atoms with van der Waals surface area (Å²) in [5.41, 5.74) is 5.41. The maximum atomic E-state index is 12.4. The van der Waals surface area contributed by atoms with Gasteiger partial charge in [-0.1, -0.05) is 19.3 Å². The van der Waals surface area contributed by atoms with Crippen LogP contribution >= 0.6 is 0 Å². The Bertz CT molecular complexity index is 340. The number of nitrogens with one attached hydrogen (secondary N) is 1. The van der Waals surface area contributed by atoms with Gasteiger partial charge >= 0.3 is 0 Å². The second kappa shape index (κ2) is 7.59. The number of amides is 2. The van der Waals surface area contributed by atoms with Gasteiger partial charge in [0.05, 0.1) is 6.54 Å². The maximum absolute atomic E-state index is 12.4. The monoisotopic (exact) mass is 282 g/mol. The van der Waals surface area contributed by atoms with Crippen molar-refractivity contribution in [3.63, 3.8) is 0 Å². The van der Waals surface area contributed by atoms with Crippen LogP contribution in [0.1, 0.15) is 32.1 Å². The zero-order valence-electron chi connectivity index (χ0n) is 12.1. The molecule has 0 saturated carbocycles. The molecule has 2 amide bonds. The first-order valence-electron chi connectivity index (χ1n) is 7.70. The van der Waals surface area contributed by atoms with E-state index in [1.54, 1.807) is 0 Å². The van der Waals surface area contributed by atoms with Crippen molar-refractivity contribution in [3.05, 3.63) is 0 Å². The number of nitrogens with zero attached hydrogens (tertiary/aromatic N) is 2. The van der Waals surface area contributed by atoms with Crippen molar-refractivity contribution in [3.8, 4) is 0 Å². The molecule has 1 atom stereocenters. The summed E-state index contributed by atoms with van der Waals surface area (Å²) < 4.78 is 0. The normalized spacial score (nSPS) is 25.8. The molecule has 1 unspecified atom stereocenters. The molecule has 20 heavy (non-hydrogen) atoms. The molecule has 2 aliphatic rings. The van der Waals surface area contributed by atoms with Crippen LogP contribution in [0, 0.1) is 0 Å². The van der Waals surface area contributed by atoms with Crippen molar-refractivity contribution >= 4 is 11.8 Å². The molecule has 0 spiro atoms. The fourth-order valence-electron chi connectivity index (χ4n) is 2.99. The summed E-state index contributed by atoms with van der Waals surface area (Å²) >= 11 is 0. The van der Waals surface area contributed by atoms with E-state index in [-0.39, 0.29) is 17.9 Å². The van der Waals surface area contributed by atoms with Crippen LogP contribution in [0.2, 0.25) is 0 Å². The fourth-order valence-corrected chi connectivity index (χ4v) is 2.99. The molecule has 6 heteroatoms. The Kier molecular flexibility index (Phi) is 5.79. The van der Waals surface area contributed by atoms with Crippen LogP contribution in [-0.2, 0) is 9.59 Å². The molecule has 0 aromatic carbocycles. The van der Waals surface area contributed by atoms with Gasteiger partial charge in [-0.05, 0) is 12.8 Å². The Morgan fingerprint density at radius 1 is 1.05 bits per heavy atom. The Labute approximate surface area is 120 Å². The minimum Gasteiger partial charge on any atom is -0.368 e. The lowest BCUT2D eigenvalue weighted by Gasteiger charge is -2.35. The predicted octanol–water partition coefficient (Wildman–Crippen LogP) is -0.462. The SMILES string of the molecule is NC(=O)C1CNCCN1CC(=O)N1CCCCCCC1. The van der Waals surface area contributed by atoms with E-state index in [9.17, 15) is 9.59 Å². The number of hydrogen-bond donors (Lipinski definition) is 2. The van der Waals surface area contributed by atoms with Crippen LogP contribution in [0.4, 0.5) is 0 Å². The van der Waals surface area contributed by atoms with Crippen molar-refractivity contribution < 1.29 is 9.59 Å². The average molecular weight is 282 g/mol. The molecule has 2 aliphatic heterocycles. The third-order valence-electron chi connectivity index (χ3n) is 4.23.